The van der Waals surface area contributed by atoms with Gasteiger partial charge in [-0.2, -0.15) is 0 Å². The molecule has 0 saturated heterocycles. The lowest BCUT2D eigenvalue weighted by Gasteiger charge is -1.83. The molecule has 0 radical (unpaired) electrons. The number of ether oxygens (including phenoxy) is 2. The number of hydrogen-bond donors (Lipinski definition) is 0. The van der Waals surface area contributed by atoms with Gasteiger partial charge in [-0.1, -0.05) is 24.8 Å². The third-order valence-corrected chi connectivity index (χ3v) is 0.806. The normalized spacial score (nSPS) is 11.1. The fraction of sp³-hybridized carbons (Fsp3) is 0.100. The molecule has 0 atom stereocenters. The zero-order valence-electron chi connectivity index (χ0n) is 8.64. The Labute approximate surface area is 98.0 Å². The Bertz CT molecular complexity index is 290. The van der Waals surface area contributed by atoms with Crippen LogP contribution in [-0.4, -0.2) is 17.9 Å². The molecule has 0 amide bonds. The molecule has 0 saturated carbocycles. The Hall–Kier alpha value is -1.88. The molecule has 0 unspecified atom stereocenters. The summed E-state index contributed by atoms with van der Waals surface area (Å²) in [5, 5.41) is 0. The molecule has 1 aliphatic rings. The van der Waals surface area contributed by atoms with Crippen LogP contribution < -0.4 is 0 Å². The molecule has 16 heavy (non-hydrogen) atoms. The Morgan fingerprint density at radius 2 is 1.75 bits per heavy atom. The quantitative estimate of drug-likeness (QED) is 0.400. The molecule has 0 bridgehead atoms. The van der Waals surface area contributed by atoms with E-state index in [4.69, 9.17) is 11.6 Å². The number of carbonyl (C=O) groups excluding carboxylic acids is 3. The average Bonchev–Trinajstić information content (AvgIpc) is 2.52. The first-order valence-corrected chi connectivity index (χ1v) is 4.34. The second kappa shape index (κ2) is 11.2. The molecule has 5 nitrogen and oxygen atoms in total. The van der Waals surface area contributed by atoms with E-state index in [0.717, 1.165) is 18.4 Å². The van der Waals surface area contributed by atoms with Crippen molar-refractivity contribution in [1.82, 2.24) is 0 Å². The molecule has 0 aromatic heterocycles. The smallest absolute Gasteiger partial charge is 0.338 e. The van der Waals surface area contributed by atoms with Gasteiger partial charge in [-0.3, -0.25) is 4.79 Å². The molecule has 0 aliphatic carbocycles. The number of halogens is 1. The van der Waals surface area contributed by atoms with Crippen LogP contribution in [-0.2, 0) is 23.9 Å². The molecule has 6 heteroatoms. The highest BCUT2D eigenvalue weighted by Gasteiger charge is 2.10. The van der Waals surface area contributed by atoms with E-state index < -0.39 is 11.9 Å². The standard InChI is InChI=1S/C4H2O3.C4H6O2.C2H3Cl/c5-3-1-2-4(6)7-3;1-3-6-4(2)5;1-2-3/h1-2H;3H,1H2,2H3;2H,1H2. The summed E-state index contributed by atoms with van der Waals surface area (Å²) < 4.78 is 8.14. The van der Waals surface area contributed by atoms with Crippen LogP contribution in [0.2, 0.25) is 0 Å². The highest BCUT2D eigenvalue weighted by Crippen LogP contribution is 1.92. The summed E-state index contributed by atoms with van der Waals surface area (Å²) in [7, 11) is 0. The van der Waals surface area contributed by atoms with Crippen LogP contribution in [0.1, 0.15) is 6.92 Å². The van der Waals surface area contributed by atoms with Gasteiger partial charge >= 0.3 is 17.9 Å². The van der Waals surface area contributed by atoms with Crippen molar-refractivity contribution in [2.24, 2.45) is 0 Å². The molecular weight excluding hydrogens is 236 g/mol. The summed E-state index contributed by atoms with van der Waals surface area (Å²) in [6.45, 7) is 7.61. The van der Waals surface area contributed by atoms with Crippen LogP contribution in [0.25, 0.3) is 0 Å². The highest BCUT2D eigenvalue weighted by molar-refractivity contribution is 6.25. The van der Waals surface area contributed by atoms with E-state index in [9.17, 15) is 14.4 Å². The highest BCUT2D eigenvalue weighted by atomic mass is 35.5. The van der Waals surface area contributed by atoms with Crippen molar-refractivity contribution < 1.29 is 23.9 Å². The van der Waals surface area contributed by atoms with Gasteiger partial charge in [-0.05, 0) is 5.54 Å². The molecular formula is C10H11ClO5. The van der Waals surface area contributed by atoms with Crippen molar-refractivity contribution in [1.29, 1.82) is 0 Å². The van der Waals surface area contributed by atoms with Crippen LogP contribution >= 0.6 is 11.6 Å². The van der Waals surface area contributed by atoms with Crippen molar-refractivity contribution in [3.63, 3.8) is 0 Å². The Kier molecular flexibility index (Phi) is 11.6. The lowest BCUT2D eigenvalue weighted by atomic mass is 10.6. The number of rotatable bonds is 1. The summed E-state index contributed by atoms with van der Waals surface area (Å²) in [4.78, 5) is 29.6. The summed E-state index contributed by atoms with van der Waals surface area (Å²) in [5.74, 6) is -1.49. The molecule has 1 rings (SSSR count). The first-order chi connectivity index (χ1) is 7.47. The lowest BCUT2D eigenvalue weighted by molar-refractivity contribution is -0.150. The van der Waals surface area contributed by atoms with Crippen LogP contribution in [0.3, 0.4) is 0 Å². The number of esters is 3. The van der Waals surface area contributed by atoms with Crippen LogP contribution in [0.15, 0.2) is 37.1 Å². The third kappa shape index (κ3) is 14.6. The van der Waals surface area contributed by atoms with E-state index in [1.165, 1.54) is 12.5 Å². The van der Waals surface area contributed by atoms with Gasteiger partial charge in [0.15, 0.2) is 0 Å². The number of carbonyl (C=O) groups is 3. The molecule has 1 aliphatic heterocycles. The maximum absolute atomic E-state index is 9.92. The number of cyclic esters (lactones) is 2. The zero-order chi connectivity index (χ0) is 13.0. The van der Waals surface area contributed by atoms with Crippen molar-refractivity contribution in [2.75, 3.05) is 0 Å². The summed E-state index contributed by atoms with van der Waals surface area (Å²) in [6, 6.07) is 0. The SMILES string of the molecule is C=CCl.C=COC(C)=O.O=C1C=CC(=O)O1. The summed E-state index contributed by atoms with van der Waals surface area (Å²) in [5.41, 5.74) is 1.22. The fourth-order valence-corrected chi connectivity index (χ4v) is 0.421. The van der Waals surface area contributed by atoms with Crippen LogP contribution in [0.5, 0.6) is 0 Å². The van der Waals surface area contributed by atoms with Crippen LogP contribution in [0.4, 0.5) is 0 Å². The minimum absolute atomic E-state index is 0.329. The largest absolute Gasteiger partial charge is 0.435 e. The first kappa shape index (κ1) is 16.5. The van der Waals surface area contributed by atoms with Gasteiger partial charge in [0, 0.05) is 19.1 Å². The van der Waals surface area contributed by atoms with Gasteiger partial charge in [0.25, 0.3) is 0 Å². The van der Waals surface area contributed by atoms with Crippen molar-refractivity contribution >= 4 is 29.5 Å². The molecule has 1 heterocycles. The second-order valence-electron chi connectivity index (χ2n) is 2.00. The molecule has 0 N–H and O–H groups in total. The summed E-state index contributed by atoms with van der Waals surface area (Å²) >= 11 is 4.76. The van der Waals surface area contributed by atoms with Gasteiger partial charge in [0.2, 0.25) is 0 Å². The predicted octanol–water partition coefficient (Wildman–Crippen LogP) is 1.69. The van der Waals surface area contributed by atoms with Gasteiger partial charge < -0.3 is 9.47 Å². The van der Waals surface area contributed by atoms with E-state index >= 15 is 0 Å². The Balaban J connectivity index is 0. The van der Waals surface area contributed by atoms with Gasteiger partial charge in [0.1, 0.15) is 0 Å². The molecule has 0 spiro atoms. The first-order valence-electron chi connectivity index (χ1n) is 3.91. The van der Waals surface area contributed by atoms with Gasteiger partial charge in [0.05, 0.1) is 6.26 Å². The lowest BCUT2D eigenvalue weighted by Crippen LogP contribution is -1.96. The van der Waals surface area contributed by atoms with E-state index in [1.54, 1.807) is 0 Å². The maximum atomic E-state index is 9.92. The monoisotopic (exact) mass is 246 g/mol. The zero-order valence-corrected chi connectivity index (χ0v) is 9.40. The van der Waals surface area contributed by atoms with Crippen molar-refractivity contribution in [3.05, 3.63) is 37.1 Å². The maximum Gasteiger partial charge on any atom is 0.338 e. The van der Waals surface area contributed by atoms with E-state index in [-0.39, 0.29) is 5.97 Å². The van der Waals surface area contributed by atoms with Gasteiger partial charge in [-0.25, -0.2) is 9.59 Å². The average molecular weight is 247 g/mol. The minimum Gasteiger partial charge on any atom is -0.435 e. The van der Waals surface area contributed by atoms with E-state index in [2.05, 4.69) is 22.6 Å². The molecule has 0 fully saturated rings. The van der Waals surface area contributed by atoms with Gasteiger partial charge in [-0.15, -0.1) is 0 Å². The third-order valence-electron chi connectivity index (χ3n) is 0.806. The number of hydrogen-bond acceptors (Lipinski definition) is 5. The Morgan fingerprint density at radius 3 is 1.81 bits per heavy atom. The molecule has 0 aromatic carbocycles. The van der Waals surface area contributed by atoms with Crippen molar-refractivity contribution in [2.45, 2.75) is 6.92 Å². The van der Waals surface area contributed by atoms with E-state index in [1.807, 2.05) is 0 Å². The molecule has 0 aromatic rings. The van der Waals surface area contributed by atoms with Crippen LogP contribution in [0, 0.1) is 0 Å². The topological polar surface area (TPSA) is 69.7 Å². The minimum atomic E-state index is -0.579. The molecule has 88 valence electrons. The second-order valence-corrected chi connectivity index (χ2v) is 2.31. The van der Waals surface area contributed by atoms with Crippen molar-refractivity contribution in [3.8, 4) is 0 Å². The Morgan fingerprint density at radius 1 is 1.38 bits per heavy atom. The summed E-state index contributed by atoms with van der Waals surface area (Å²) in [6.07, 6.45) is 3.27. The fourth-order valence-electron chi connectivity index (χ4n) is 0.421. The van der Waals surface area contributed by atoms with E-state index in [0.29, 0.717) is 0 Å². The predicted molar refractivity (Wildman–Crippen MR) is 58.3 cm³/mol.